The Balaban J connectivity index is 1.70. The van der Waals surface area contributed by atoms with Gasteiger partial charge in [0, 0.05) is 11.1 Å². The van der Waals surface area contributed by atoms with Gasteiger partial charge < -0.3 is 10.1 Å². The van der Waals surface area contributed by atoms with Gasteiger partial charge in [0.2, 0.25) is 5.91 Å². The normalized spacial score (nSPS) is 10.8. The number of pyridine rings is 1. The fourth-order valence-electron chi connectivity index (χ4n) is 2.99. The van der Waals surface area contributed by atoms with Gasteiger partial charge in [0.1, 0.15) is 5.03 Å². The lowest BCUT2D eigenvalue weighted by Gasteiger charge is -2.11. The van der Waals surface area contributed by atoms with E-state index in [2.05, 4.69) is 37.4 Å². The summed E-state index contributed by atoms with van der Waals surface area (Å²) in [7, 11) is 0. The first-order valence-electron chi connectivity index (χ1n) is 9.46. The molecule has 29 heavy (non-hydrogen) atoms. The standard InChI is InChI=1S/C23H24N2O3S/c1-5-28-23(27)18-7-6-8-19(12-18)24-20(26)13-29-22-15(3)11-17-10-9-14(2)16(4)21(17)25-22/h6-12H,5,13H2,1-4H3,(H,24,26). The van der Waals surface area contributed by atoms with E-state index in [1.807, 2.05) is 6.92 Å². The van der Waals surface area contributed by atoms with E-state index >= 15 is 0 Å². The second-order valence-electron chi connectivity index (χ2n) is 6.83. The van der Waals surface area contributed by atoms with E-state index in [1.54, 1.807) is 31.2 Å². The van der Waals surface area contributed by atoms with Gasteiger partial charge in [-0.25, -0.2) is 9.78 Å². The van der Waals surface area contributed by atoms with Crippen LogP contribution in [0.3, 0.4) is 0 Å². The van der Waals surface area contributed by atoms with Crippen LogP contribution in [0.15, 0.2) is 47.5 Å². The van der Waals surface area contributed by atoms with Crippen LogP contribution in [0, 0.1) is 20.8 Å². The van der Waals surface area contributed by atoms with Crippen LogP contribution in [0.1, 0.15) is 34.0 Å². The number of rotatable bonds is 6. The molecule has 0 saturated heterocycles. The Hall–Kier alpha value is -2.86. The minimum Gasteiger partial charge on any atom is -0.462 e. The van der Waals surface area contributed by atoms with Crippen molar-refractivity contribution < 1.29 is 14.3 Å². The van der Waals surface area contributed by atoms with Gasteiger partial charge in [-0.15, -0.1) is 0 Å². The maximum Gasteiger partial charge on any atom is 0.338 e. The average molecular weight is 409 g/mol. The van der Waals surface area contributed by atoms with Crippen molar-refractivity contribution in [3.8, 4) is 0 Å². The van der Waals surface area contributed by atoms with Crippen LogP contribution in [-0.4, -0.2) is 29.2 Å². The third-order valence-corrected chi connectivity index (χ3v) is 5.75. The molecule has 0 unspecified atom stereocenters. The number of hydrogen-bond acceptors (Lipinski definition) is 5. The zero-order chi connectivity index (χ0) is 21.0. The molecule has 1 amide bonds. The minimum absolute atomic E-state index is 0.154. The van der Waals surface area contributed by atoms with Crippen LogP contribution in [0.4, 0.5) is 5.69 Å². The van der Waals surface area contributed by atoms with Gasteiger partial charge in [-0.2, -0.15) is 0 Å². The number of carbonyl (C=O) groups excluding carboxylic acids is 2. The fraction of sp³-hybridized carbons (Fsp3) is 0.261. The zero-order valence-electron chi connectivity index (χ0n) is 17.0. The molecule has 3 aromatic rings. The number of benzene rings is 2. The predicted molar refractivity (Wildman–Crippen MR) is 118 cm³/mol. The van der Waals surface area contributed by atoms with Crippen LogP contribution >= 0.6 is 11.8 Å². The lowest BCUT2D eigenvalue weighted by Crippen LogP contribution is -2.15. The molecule has 1 N–H and O–H groups in total. The predicted octanol–water partition coefficient (Wildman–Crippen LogP) is 5.07. The van der Waals surface area contributed by atoms with E-state index in [9.17, 15) is 9.59 Å². The van der Waals surface area contributed by atoms with Crippen molar-refractivity contribution in [3.05, 3.63) is 64.7 Å². The number of carbonyl (C=O) groups is 2. The van der Waals surface area contributed by atoms with Crippen LogP contribution < -0.4 is 5.32 Å². The Labute approximate surface area is 174 Å². The number of hydrogen-bond donors (Lipinski definition) is 1. The highest BCUT2D eigenvalue weighted by molar-refractivity contribution is 8.00. The molecular weight excluding hydrogens is 384 g/mol. The van der Waals surface area contributed by atoms with Crippen molar-refractivity contribution >= 4 is 40.2 Å². The number of nitrogens with zero attached hydrogens (tertiary/aromatic N) is 1. The highest BCUT2D eigenvalue weighted by atomic mass is 32.2. The molecule has 0 spiro atoms. The molecule has 3 rings (SSSR count). The summed E-state index contributed by atoms with van der Waals surface area (Å²) >= 11 is 1.41. The van der Waals surface area contributed by atoms with E-state index in [0.29, 0.717) is 17.9 Å². The number of aromatic nitrogens is 1. The number of esters is 1. The monoisotopic (exact) mass is 408 g/mol. The molecule has 150 valence electrons. The molecule has 0 aliphatic carbocycles. The van der Waals surface area contributed by atoms with E-state index in [-0.39, 0.29) is 11.7 Å². The number of thioether (sulfide) groups is 1. The van der Waals surface area contributed by atoms with Gasteiger partial charge in [0.15, 0.2) is 0 Å². The Morgan fingerprint density at radius 3 is 2.62 bits per heavy atom. The van der Waals surface area contributed by atoms with Gasteiger partial charge in [-0.3, -0.25) is 4.79 Å². The van der Waals surface area contributed by atoms with Gasteiger partial charge in [0.25, 0.3) is 0 Å². The largest absolute Gasteiger partial charge is 0.462 e. The van der Waals surface area contributed by atoms with Crippen LogP contribution in [0.5, 0.6) is 0 Å². The summed E-state index contributed by atoms with van der Waals surface area (Å²) in [5.41, 5.74) is 5.35. The maximum absolute atomic E-state index is 12.4. The molecule has 0 fully saturated rings. The quantitative estimate of drug-likeness (QED) is 0.456. The van der Waals surface area contributed by atoms with Crippen molar-refractivity contribution in [2.75, 3.05) is 17.7 Å². The van der Waals surface area contributed by atoms with E-state index in [1.165, 1.54) is 17.3 Å². The second-order valence-corrected chi connectivity index (χ2v) is 7.79. The lowest BCUT2D eigenvalue weighted by atomic mass is 10.0. The van der Waals surface area contributed by atoms with Crippen molar-refractivity contribution in [1.82, 2.24) is 4.98 Å². The first-order chi connectivity index (χ1) is 13.9. The lowest BCUT2D eigenvalue weighted by molar-refractivity contribution is -0.113. The van der Waals surface area contributed by atoms with Gasteiger partial charge in [-0.05, 0) is 68.7 Å². The molecule has 1 heterocycles. The number of aryl methyl sites for hydroxylation is 3. The molecule has 2 aromatic carbocycles. The van der Waals surface area contributed by atoms with Crippen molar-refractivity contribution in [2.45, 2.75) is 32.7 Å². The summed E-state index contributed by atoms with van der Waals surface area (Å²) in [6.45, 7) is 8.21. The summed E-state index contributed by atoms with van der Waals surface area (Å²) in [6, 6.07) is 13.0. The Bertz CT molecular complexity index is 1080. The van der Waals surface area contributed by atoms with Crippen molar-refractivity contribution in [3.63, 3.8) is 0 Å². The van der Waals surface area contributed by atoms with Crippen LogP contribution in [0.2, 0.25) is 0 Å². The van der Waals surface area contributed by atoms with E-state index < -0.39 is 5.97 Å². The fourth-order valence-corrected chi connectivity index (χ4v) is 3.77. The second kappa shape index (κ2) is 9.09. The number of anilines is 1. The van der Waals surface area contributed by atoms with E-state index in [0.717, 1.165) is 27.1 Å². The third kappa shape index (κ3) is 4.95. The SMILES string of the molecule is CCOC(=O)c1cccc(NC(=O)CSc2nc3c(C)c(C)ccc3cc2C)c1. The highest BCUT2D eigenvalue weighted by Crippen LogP contribution is 2.27. The van der Waals surface area contributed by atoms with Gasteiger partial charge >= 0.3 is 5.97 Å². The third-order valence-electron chi connectivity index (χ3n) is 4.65. The van der Waals surface area contributed by atoms with E-state index in [4.69, 9.17) is 9.72 Å². The van der Waals surface area contributed by atoms with Crippen LogP contribution in [0.25, 0.3) is 10.9 Å². The maximum atomic E-state index is 12.4. The first kappa shape index (κ1) is 20.9. The molecule has 0 saturated carbocycles. The summed E-state index contributed by atoms with van der Waals surface area (Å²) in [5, 5.41) is 4.79. The van der Waals surface area contributed by atoms with Crippen molar-refractivity contribution in [1.29, 1.82) is 0 Å². The Morgan fingerprint density at radius 1 is 1.07 bits per heavy atom. The summed E-state index contributed by atoms with van der Waals surface area (Å²) in [4.78, 5) is 29.0. The topological polar surface area (TPSA) is 68.3 Å². The molecular formula is C23H24N2O3S. The Kier molecular flexibility index (Phi) is 6.54. The van der Waals surface area contributed by atoms with Crippen molar-refractivity contribution in [2.24, 2.45) is 0 Å². The molecule has 0 radical (unpaired) electrons. The molecule has 0 aliphatic heterocycles. The highest BCUT2D eigenvalue weighted by Gasteiger charge is 2.12. The molecule has 0 aliphatic rings. The summed E-state index contributed by atoms with van der Waals surface area (Å²) in [5.74, 6) is -0.327. The zero-order valence-corrected chi connectivity index (χ0v) is 17.9. The number of nitrogens with one attached hydrogen (secondary N) is 1. The minimum atomic E-state index is -0.403. The summed E-state index contributed by atoms with van der Waals surface area (Å²) in [6.07, 6.45) is 0. The molecule has 0 bridgehead atoms. The number of fused-ring (bicyclic) bond motifs is 1. The van der Waals surface area contributed by atoms with Crippen LogP contribution in [-0.2, 0) is 9.53 Å². The molecule has 6 heteroatoms. The number of ether oxygens (including phenoxy) is 1. The molecule has 5 nitrogen and oxygen atoms in total. The number of amides is 1. The summed E-state index contributed by atoms with van der Waals surface area (Å²) < 4.78 is 5.00. The molecule has 0 atom stereocenters. The average Bonchev–Trinajstić information content (AvgIpc) is 2.70. The first-order valence-corrected chi connectivity index (χ1v) is 10.4. The smallest absolute Gasteiger partial charge is 0.338 e. The van der Waals surface area contributed by atoms with Gasteiger partial charge in [-0.1, -0.05) is 30.0 Å². The molecule has 1 aromatic heterocycles. The van der Waals surface area contributed by atoms with Gasteiger partial charge in [0.05, 0.1) is 23.4 Å². The Morgan fingerprint density at radius 2 is 1.86 bits per heavy atom.